The number of aromatic nitrogens is 1. The molecule has 0 spiro atoms. The van der Waals surface area contributed by atoms with E-state index >= 15 is 0 Å². The van der Waals surface area contributed by atoms with E-state index in [1.54, 1.807) is 7.11 Å². The molecule has 2 atom stereocenters. The summed E-state index contributed by atoms with van der Waals surface area (Å²) in [7, 11) is 1.66. The fourth-order valence-corrected chi connectivity index (χ4v) is 7.79. The Bertz CT molecular complexity index is 1490. The molecule has 5 nitrogen and oxygen atoms in total. The topological polar surface area (TPSA) is 68.5 Å². The van der Waals surface area contributed by atoms with Gasteiger partial charge in [0.05, 0.1) is 18.5 Å². The molecule has 2 bridgehead atoms. The van der Waals surface area contributed by atoms with Gasteiger partial charge in [0.2, 0.25) is 0 Å². The van der Waals surface area contributed by atoms with Crippen molar-refractivity contribution in [2.45, 2.75) is 46.1 Å². The number of carbonyl (C=O) groups excluding carboxylic acids is 1. The molecule has 2 fully saturated rings. The number of amides is 1. The molecule has 2 unspecified atom stereocenters. The Labute approximate surface area is 222 Å². The van der Waals surface area contributed by atoms with Gasteiger partial charge in [-0.15, -0.1) is 11.3 Å². The number of piperidine rings is 1. The van der Waals surface area contributed by atoms with Crippen LogP contribution in [0.25, 0.3) is 32.6 Å². The lowest BCUT2D eigenvalue weighted by Crippen LogP contribution is -2.48. The summed E-state index contributed by atoms with van der Waals surface area (Å²) >= 11 is 1.42. The van der Waals surface area contributed by atoms with Gasteiger partial charge in [0.25, 0.3) is 5.91 Å². The monoisotopic (exact) mass is 511 g/mol. The van der Waals surface area contributed by atoms with Gasteiger partial charge in [-0.25, -0.2) is 4.98 Å². The molecule has 2 aromatic heterocycles. The van der Waals surface area contributed by atoms with E-state index in [-0.39, 0.29) is 17.4 Å². The maximum atomic E-state index is 14.1. The summed E-state index contributed by atoms with van der Waals surface area (Å²) in [6, 6.07) is 20.4. The minimum atomic E-state index is 0.0458. The van der Waals surface area contributed by atoms with Gasteiger partial charge < -0.3 is 15.4 Å². The number of carbonyl (C=O) groups is 1. The van der Waals surface area contributed by atoms with Crippen molar-refractivity contribution in [3.63, 3.8) is 0 Å². The summed E-state index contributed by atoms with van der Waals surface area (Å²) in [5, 5.41) is 0.853. The number of benzene rings is 2. The van der Waals surface area contributed by atoms with Crippen LogP contribution in [0.1, 0.15) is 49.7 Å². The van der Waals surface area contributed by atoms with Crippen LogP contribution >= 0.6 is 11.3 Å². The zero-order valence-corrected chi connectivity index (χ0v) is 22.7. The lowest BCUT2D eigenvalue weighted by molar-refractivity contribution is 0.0480. The molecule has 1 aliphatic heterocycles. The lowest BCUT2D eigenvalue weighted by atomic mass is 9.81. The van der Waals surface area contributed by atoms with Crippen molar-refractivity contribution in [1.29, 1.82) is 0 Å². The van der Waals surface area contributed by atoms with Crippen molar-refractivity contribution in [3.8, 4) is 28.1 Å². The first-order chi connectivity index (χ1) is 17.7. The molecule has 2 aliphatic rings. The van der Waals surface area contributed by atoms with Crippen LogP contribution in [-0.2, 0) is 0 Å². The van der Waals surface area contributed by atoms with E-state index in [0.717, 1.165) is 64.2 Å². The highest BCUT2D eigenvalue weighted by atomic mass is 32.1. The number of pyridine rings is 1. The number of nitrogens with two attached hydrogens (primary N) is 1. The maximum absolute atomic E-state index is 14.1. The highest BCUT2D eigenvalue weighted by Gasteiger charge is 2.53. The number of nitrogen functional groups attached to an aromatic ring is 1. The summed E-state index contributed by atoms with van der Waals surface area (Å²) < 4.78 is 5.37. The van der Waals surface area contributed by atoms with Crippen molar-refractivity contribution >= 4 is 33.1 Å². The molecular formula is C31H33N3O2S. The molecule has 4 aromatic rings. The van der Waals surface area contributed by atoms with Crippen LogP contribution in [0, 0.1) is 10.8 Å². The van der Waals surface area contributed by atoms with E-state index in [1.165, 1.54) is 11.3 Å². The summed E-state index contributed by atoms with van der Waals surface area (Å²) in [5.74, 6) is 0.840. The zero-order valence-electron chi connectivity index (χ0n) is 21.9. The first kappa shape index (κ1) is 24.0. The number of methoxy groups -OCH3 is 1. The molecule has 37 heavy (non-hydrogen) atoms. The van der Waals surface area contributed by atoms with Crippen molar-refractivity contribution in [1.82, 2.24) is 9.88 Å². The third-order valence-corrected chi connectivity index (χ3v) is 9.52. The Hall–Kier alpha value is -3.38. The highest BCUT2D eigenvalue weighted by Crippen LogP contribution is 2.56. The van der Waals surface area contributed by atoms with Crippen LogP contribution in [0.15, 0.2) is 60.7 Å². The second-order valence-corrected chi connectivity index (χ2v) is 12.6. The number of hydrogen-bond acceptors (Lipinski definition) is 5. The van der Waals surface area contributed by atoms with Crippen molar-refractivity contribution in [3.05, 3.63) is 65.5 Å². The summed E-state index contributed by atoms with van der Waals surface area (Å²) in [5.41, 5.74) is 11.7. The summed E-state index contributed by atoms with van der Waals surface area (Å²) in [6.07, 6.45) is 3.25. The number of anilines is 1. The average Bonchev–Trinajstić information content (AvgIpc) is 3.33. The van der Waals surface area contributed by atoms with Crippen molar-refractivity contribution < 1.29 is 9.53 Å². The van der Waals surface area contributed by atoms with E-state index in [2.05, 4.69) is 43.9 Å². The number of likely N-dealkylation sites (tertiary alicyclic amines) is 1. The van der Waals surface area contributed by atoms with Crippen LogP contribution in [-0.4, -0.2) is 35.5 Å². The smallest absolute Gasteiger partial charge is 0.266 e. The molecule has 6 rings (SSSR count). The van der Waals surface area contributed by atoms with Crippen LogP contribution in [0.4, 0.5) is 5.69 Å². The van der Waals surface area contributed by atoms with Crippen LogP contribution in [0.5, 0.6) is 5.75 Å². The number of rotatable bonds is 4. The molecule has 2 aromatic carbocycles. The predicted molar refractivity (Wildman–Crippen MR) is 152 cm³/mol. The molecule has 3 heterocycles. The molecule has 0 radical (unpaired) electrons. The number of hydrogen-bond donors (Lipinski definition) is 1. The largest absolute Gasteiger partial charge is 0.497 e. The molecule has 2 N–H and O–H groups in total. The van der Waals surface area contributed by atoms with Crippen LogP contribution in [0.2, 0.25) is 0 Å². The van der Waals surface area contributed by atoms with Crippen molar-refractivity contribution in [2.24, 2.45) is 10.8 Å². The normalized spacial score (nSPS) is 22.4. The minimum absolute atomic E-state index is 0.0458. The first-order valence-corrected chi connectivity index (χ1v) is 13.7. The highest BCUT2D eigenvalue weighted by molar-refractivity contribution is 7.21. The Kier molecular flexibility index (Phi) is 5.57. The molecule has 1 saturated carbocycles. The van der Waals surface area contributed by atoms with Gasteiger partial charge in [0.1, 0.15) is 15.5 Å². The third kappa shape index (κ3) is 3.98. The third-order valence-electron chi connectivity index (χ3n) is 8.43. The van der Waals surface area contributed by atoms with Gasteiger partial charge in [-0.05, 0) is 59.4 Å². The second kappa shape index (κ2) is 8.59. The van der Waals surface area contributed by atoms with Gasteiger partial charge in [0, 0.05) is 23.5 Å². The number of nitrogens with zero attached hydrogens (tertiary/aromatic N) is 2. The van der Waals surface area contributed by atoms with E-state index in [0.29, 0.717) is 16.0 Å². The molecule has 1 saturated heterocycles. The maximum Gasteiger partial charge on any atom is 0.266 e. The number of fused-ring (bicyclic) bond motifs is 3. The van der Waals surface area contributed by atoms with E-state index in [1.807, 2.05) is 42.5 Å². The molecular weight excluding hydrogens is 478 g/mol. The predicted octanol–water partition coefficient (Wildman–Crippen LogP) is 7.26. The van der Waals surface area contributed by atoms with Gasteiger partial charge in [0.15, 0.2) is 0 Å². The van der Waals surface area contributed by atoms with Gasteiger partial charge in [-0.1, -0.05) is 63.2 Å². The van der Waals surface area contributed by atoms with Crippen LogP contribution < -0.4 is 10.5 Å². The summed E-state index contributed by atoms with van der Waals surface area (Å²) in [4.78, 5) is 22.6. The Morgan fingerprint density at radius 1 is 1.08 bits per heavy atom. The minimum Gasteiger partial charge on any atom is -0.497 e. The standard InChI is InChI=1S/C31H33N3O2S/c1-30(2)18-31(3)14-15-34(24(30)17-31)29(35)27-26(32)25-22(19-10-12-21(36-4)13-11-19)16-23(33-28(25)37-27)20-8-6-5-7-9-20/h5-13,16,24H,14-15,17-18,32H2,1-4H3. The quantitative estimate of drug-likeness (QED) is 0.313. The Balaban J connectivity index is 1.49. The Morgan fingerprint density at radius 2 is 1.81 bits per heavy atom. The number of ether oxygens (including phenoxy) is 1. The van der Waals surface area contributed by atoms with Crippen molar-refractivity contribution in [2.75, 3.05) is 19.4 Å². The fraction of sp³-hybridized carbons (Fsp3) is 0.355. The fourth-order valence-electron chi connectivity index (χ4n) is 6.71. The first-order valence-electron chi connectivity index (χ1n) is 12.9. The van der Waals surface area contributed by atoms with E-state index in [4.69, 9.17) is 15.5 Å². The van der Waals surface area contributed by atoms with E-state index < -0.39 is 0 Å². The average molecular weight is 512 g/mol. The van der Waals surface area contributed by atoms with Gasteiger partial charge in [-0.2, -0.15) is 0 Å². The molecule has 1 amide bonds. The number of thiophene rings is 1. The van der Waals surface area contributed by atoms with E-state index in [9.17, 15) is 4.79 Å². The molecule has 6 heteroatoms. The SMILES string of the molecule is COc1ccc(-c2cc(-c3ccccc3)nc3sc(C(=O)N4CCC5(C)CC4C(C)(C)C5)c(N)c23)cc1. The molecule has 1 aliphatic carbocycles. The summed E-state index contributed by atoms with van der Waals surface area (Å²) in [6.45, 7) is 7.77. The van der Waals surface area contributed by atoms with Gasteiger partial charge in [-0.3, -0.25) is 4.79 Å². The Morgan fingerprint density at radius 3 is 2.51 bits per heavy atom. The van der Waals surface area contributed by atoms with Crippen LogP contribution in [0.3, 0.4) is 0 Å². The lowest BCUT2D eigenvalue weighted by Gasteiger charge is -2.40. The zero-order chi connectivity index (χ0) is 25.9. The second-order valence-electron chi connectivity index (χ2n) is 11.6. The molecule has 190 valence electrons. The van der Waals surface area contributed by atoms with Gasteiger partial charge >= 0.3 is 0 Å².